The normalized spacial score (nSPS) is 11.0. The highest BCUT2D eigenvalue weighted by Gasteiger charge is 2.06. The van der Waals surface area contributed by atoms with Gasteiger partial charge in [0.2, 0.25) is 0 Å². The van der Waals surface area contributed by atoms with E-state index in [1.54, 1.807) is 12.1 Å². The maximum absolute atomic E-state index is 11.2. The van der Waals surface area contributed by atoms with Crippen LogP contribution in [0.5, 0.6) is 0 Å². The van der Waals surface area contributed by atoms with Gasteiger partial charge in [0.05, 0.1) is 12.2 Å². The smallest absolute Gasteiger partial charge is 0.335 e. The van der Waals surface area contributed by atoms with Gasteiger partial charge in [-0.25, -0.2) is 4.79 Å². The average molecular weight is 349 g/mol. The number of aromatic carboxylic acids is 1. The lowest BCUT2D eigenvalue weighted by molar-refractivity contribution is 0.0696. The first kappa shape index (κ1) is 21.7. The van der Waals surface area contributed by atoms with Gasteiger partial charge in [-0.05, 0) is 36.1 Å². The average Bonchev–Trinajstić information content (AvgIpc) is 2.62. The molecule has 0 saturated heterocycles. The first-order valence-electron chi connectivity index (χ1n) is 10.1. The molecule has 142 valence electrons. The van der Waals surface area contributed by atoms with Crippen molar-refractivity contribution in [2.24, 2.45) is 0 Å². The Balaban J connectivity index is 2.08. The zero-order valence-electron chi connectivity index (χ0n) is 16.2. The minimum Gasteiger partial charge on any atom is -0.478 e. The molecule has 3 heteroatoms. The first-order chi connectivity index (χ1) is 12.2. The Labute approximate surface area is 153 Å². The van der Waals surface area contributed by atoms with Gasteiger partial charge in [-0.3, -0.25) is 0 Å². The highest BCUT2D eigenvalue weighted by molar-refractivity contribution is 5.88. The molecule has 0 heterocycles. The molecule has 0 aliphatic heterocycles. The molecule has 0 aliphatic rings. The highest BCUT2D eigenvalue weighted by Crippen LogP contribution is 2.14. The summed E-state index contributed by atoms with van der Waals surface area (Å²) in [4.78, 5) is 11.2. The topological polar surface area (TPSA) is 46.5 Å². The summed E-state index contributed by atoms with van der Waals surface area (Å²) >= 11 is 0. The molecule has 1 rings (SSSR count). The number of benzene rings is 1. The second-order valence-corrected chi connectivity index (χ2v) is 6.93. The van der Waals surface area contributed by atoms with Gasteiger partial charge in [0, 0.05) is 6.61 Å². The molecular weight excluding hydrogens is 312 g/mol. The Kier molecular flexibility index (Phi) is 12.0. The van der Waals surface area contributed by atoms with E-state index >= 15 is 0 Å². The monoisotopic (exact) mass is 348 g/mol. The summed E-state index contributed by atoms with van der Waals surface area (Å²) in [7, 11) is 0. The van der Waals surface area contributed by atoms with Crippen LogP contribution >= 0.6 is 0 Å². The SMILES string of the molecule is CCCCCCCCCCCCOCc1cc(CC)cc(C(=O)O)c1. The van der Waals surface area contributed by atoms with Crippen molar-refractivity contribution in [2.75, 3.05) is 6.61 Å². The van der Waals surface area contributed by atoms with Gasteiger partial charge in [0.25, 0.3) is 0 Å². The molecule has 1 aromatic carbocycles. The van der Waals surface area contributed by atoms with Crippen LogP contribution in [-0.2, 0) is 17.8 Å². The van der Waals surface area contributed by atoms with Crippen molar-refractivity contribution >= 4 is 5.97 Å². The van der Waals surface area contributed by atoms with E-state index in [1.807, 2.05) is 13.0 Å². The molecule has 1 aromatic rings. The van der Waals surface area contributed by atoms with E-state index in [1.165, 1.54) is 57.8 Å². The van der Waals surface area contributed by atoms with Gasteiger partial charge in [0.15, 0.2) is 0 Å². The quantitative estimate of drug-likeness (QED) is 0.374. The van der Waals surface area contributed by atoms with Gasteiger partial charge in [-0.15, -0.1) is 0 Å². The molecule has 0 unspecified atom stereocenters. The molecule has 1 N–H and O–H groups in total. The number of rotatable bonds is 15. The molecular formula is C22H36O3. The van der Waals surface area contributed by atoms with Crippen molar-refractivity contribution in [2.45, 2.75) is 91.1 Å². The summed E-state index contributed by atoms with van der Waals surface area (Å²) in [6.45, 7) is 5.56. The standard InChI is InChI=1S/C22H36O3/c1-3-5-6-7-8-9-10-11-12-13-14-25-18-20-15-19(4-2)16-21(17-20)22(23)24/h15-17H,3-14,18H2,1-2H3,(H,23,24). The molecule has 0 spiro atoms. The zero-order chi connectivity index (χ0) is 18.3. The number of hydrogen-bond acceptors (Lipinski definition) is 2. The van der Waals surface area contributed by atoms with Crippen molar-refractivity contribution in [1.82, 2.24) is 0 Å². The fraction of sp³-hybridized carbons (Fsp3) is 0.682. The van der Waals surface area contributed by atoms with E-state index in [-0.39, 0.29) is 0 Å². The summed E-state index contributed by atoms with van der Waals surface area (Å²) < 4.78 is 5.73. The lowest BCUT2D eigenvalue weighted by Crippen LogP contribution is -2.02. The highest BCUT2D eigenvalue weighted by atomic mass is 16.5. The van der Waals surface area contributed by atoms with Gasteiger partial charge >= 0.3 is 5.97 Å². The summed E-state index contributed by atoms with van der Waals surface area (Å²) in [5.74, 6) is -0.869. The minimum atomic E-state index is -0.869. The van der Waals surface area contributed by atoms with E-state index in [0.717, 1.165) is 30.6 Å². The molecule has 25 heavy (non-hydrogen) atoms. The Hall–Kier alpha value is -1.35. The van der Waals surface area contributed by atoms with Crippen LogP contribution in [0.25, 0.3) is 0 Å². The van der Waals surface area contributed by atoms with E-state index in [4.69, 9.17) is 9.84 Å². The predicted molar refractivity (Wildman–Crippen MR) is 104 cm³/mol. The van der Waals surface area contributed by atoms with Gasteiger partial charge in [-0.2, -0.15) is 0 Å². The van der Waals surface area contributed by atoms with Gasteiger partial charge in [0.1, 0.15) is 0 Å². The Morgan fingerprint density at radius 2 is 1.40 bits per heavy atom. The van der Waals surface area contributed by atoms with Crippen molar-refractivity contribution < 1.29 is 14.6 Å². The van der Waals surface area contributed by atoms with Gasteiger partial charge < -0.3 is 9.84 Å². The third kappa shape index (κ3) is 10.3. The van der Waals surface area contributed by atoms with Crippen molar-refractivity contribution in [3.8, 4) is 0 Å². The summed E-state index contributed by atoms with van der Waals surface area (Å²) in [6.07, 6.45) is 14.0. The van der Waals surface area contributed by atoms with Gasteiger partial charge in [-0.1, -0.05) is 77.7 Å². The second kappa shape index (κ2) is 13.9. The van der Waals surface area contributed by atoms with E-state index in [0.29, 0.717) is 12.2 Å². The van der Waals surface area contributed by atoms with Crippen molar-refractivity contribution in [1.29, 1.82) is 0 Å². The maximum Gasteiger partial charge on any atom is 0.335 e. The Morgan fingerprint density at radius 3 is 1.96 bits per heavy atom. The molecule has 0 aliphatic carbocycles. The van der Waals surface area contributed by atoms with Crippen molar-refractivity contribution in [3.63, 3.8) is 0 Å². The van der Waals surface area contributed by atoms with E-state index in [9.17, 15) is 4.79 Å². The summed E-state index contributed by atoms with van der Waals surface area (Å²) in [5, 5.41) is 9.16. The number of aryl methyl sites for hydroxylation is 1. The molecule has 0 atom stereocenters. The number of carbonyl (C=O) groups is 1. The summed E-state index contributed by atoms with van der Waals surface area (Å²) in [6, 6.07) is 5.51. The second-order valence-electron chi connectivity index (χ2n) is 6.93. The van der Waals surface area contributed by atoms with Crippen LogP contribution < -0.4 is 0 Å². The molecule has 0 fully saturated rings. The largest absolute Gasteiger partial charge is 0.478 e. The number of hydrogen-bond donors (Lipinski definition) is 1. The van der Waals surface area contributed by atoms with Crippen LogP contribution in [0.1, 0.15) is 99.5 Å². The summed E-state index contributed by atoms with van der Waals surface area (Å²) in [5.41, 5.74) is 2.37. The van der Waals surface area contributed by atoms with Crippen LogP contribution in [0.4, 0.5) is 0 Å². The Morgan fingerprint density at radius 1 is 0.840 bits per heavy atom. The molecule has 0 amide bonds. The molecule has 0 aromatic heterocycles. The molecule has 0 saturated carbocycles. The fourth-order valence-corrected chi connectivity index (χ4v) is 3.06. The van der Waals surface area contributed by atoms with E-state index < -0.39 is 5.97 Å². The lowest BCUT2D eigenvalue weighted by Gasteiger charge is -2.08. The molecule has 3 nitrogen and oxygen atoms in total. The third-order valence-electron chi connectivity index (χ3n) is 4.62. The zero-order valence-corrected chi connectivity index (χ0v) is 16.2. The number of unbranched alkanes of at least 4 members (excludes halogenated alkanes) is 9. The van der Waals surface area contributed by atoms with Crippen LogP contribution in [0.2, 0.25) is 0 Å². The van der Waals surface area contributed by atoms with E-state index in [2.05, 4.69) is 6.92 Å². The number of ether oxygens (including phenoxy) is 1. The number of carboxylic acids is 1. The van der Waals surface area contributed by atoms with Crippen molar-refractivity contribution in [3.05, 3.63) is 34.9 Å². The first-order valence-corrected chi connectivity index (χ1v) is 10.1. The predicted octanol–water partition coefficient (Wildman–Crippen LogP) is 6.38. The minimum absolute atomic E-state index is 0.358. The lowest BCUT2D eigenvalue weighted by atomic mass is 10.0. The van der Waals surface area contributed by atoms with Crippen LogP contribution in [0, 0.1) is 0 Å². The molecule has 0 bridgehead atoms. The van der Waals surface area contributed by atoms with Crippen LogP contribution in [-0.4, -0.2) is 17.7 Å². The maximum atomic E-state index is 11.2. The fourth-order valence-electron chi connectivity index (χ4n) is 3.06. The van der Waals surface area contributed by atoms with Crippen LogP contribution in [0.15, 0.2) is 18.2 Å². The Bertz CT molecular complexity index is 482. The number of carboxylic acid groups (broad SMARTS) is 1. The van der Waals surface area contributed by atoms with Crippen LogP contribution in [0.3, 0.4) is 0 Å². The molecule has 0 radical (unpaired) electrons. The third-order valence-corrected chi connectivity index (χ3v) is 4.62.